The molecule has 0 radical (unpaired) electrons. The molecule has 1 aromatic heterocycles. The Kier molecular flexibility index (Phi) is 4.40. The summed E-state index contributed by atoms with van der Waals surface area (Å²) in [5, 5.41) is 4.72. The van der Waals surface area contributed by atoms with Crippen molar-refractivity contribution in [1.82, 2.24) is 20.2 Å². The Hall–Kier alpha value is -1.77. The normalized spacial score (nSPS) is 27.7. The Morgan fingerprint density at radius 2 is 2.19 bits per heavy atom. The highest BCUT2D eigenvalue weighted by atomic mass is 35.5. The number of hydrogen-bond acceptors (Lipinski definition) is 8. The molecule has 0 fully saturated rings. The lowest BCUT2D eigenvalue weighted by atomic mass is 10.4. The van der Waals surface area contributed by atoms with E-state index in [-0.39, 0.29) is 17.9 Å². The molecule has 0 spiro atoms. The first-order chi connectivity index (χ1) is 9.94. The van der Waals surface area contributed by atoms with Crippen molar-refractivity contribution in [1.29, 1.82) is 0 Å². The van der Waals surface area contributed by atoms with Gasteiger partial charge >= 0.3 is 13.5 Å². The Bertz CT molecular complexity index is 600. The fourth-order valence-corrected chi connectivity index (χ4v) is 3.44. The van der Waals surface area contributed by atoms with Crippen molar-refractivity contribution < 1.29 is 9.09 Å². The maximum absolute atomic E-state index is 12.9. The highest BCUT2D eigenvalue weighted by molar-refractivity contribution is 7.59. The summed E-state index contributed by atoms with van der Waals surface area (Å²) in [7, 11) is -2.27. The van der Waals surface area contributed by atoms with E-state index in [4.69, 9.17) is 16.1 Å². The van der Waals surface area contributed by atoms with Crippen LogP contribution in [0.1, 0.15) is 6.92 Å². The molecule has 21 heavy (non-hydrogen) atoms. The standard InChI is InChI=1S/C9H13ClN7O3P/c1-9(6-10)13-8(17(2)16-18)20-21(9,19)15-14-7-11-4-3-5-12-7/h3-5H,6H2,1-2H3,(H,15,19)(H,11,12,14)/t9-,21+/m0/s1. The SMILES string of the molecule is CN(N=O)C1=N[C@](C)(CCl)[P@](=O)(NNc2ncccn2)O1. The van der Waals surface area contributed by atoms with E-state index in [0.717, 1.165) is 5.01 Å². The number of nitrogens with zero attached hydrogens (tertiary/aromatic N) is 5. The third-order valence-corrected chi connectivity index (χ3v) is 5.77. The number of nitroso groups, excluding NO2 is 1. The maximum Gasteiger partial charge on any atom is 0.364 e. The van der Waals surface area contributed by atoms with Crippen LogP contribution in [0, 0.1) is 4.91 Å². The molecular weight excluding hydrogens is 321 g/mol. The Morgan fingerprint density at radius 1 is 1.52 bits per heavy atom. The van der Waals surface area contributed by atoms with Crippen LogP contribution in [0.3, 0.4) is 0 Å². The first kappa shape index (κ1) is 15.6. The zero-order chi connectivity index (χ0) is 15.5. The number of aliphatic imine (C=N–C) groups is 1. The zero-order valence-electron chi connectivity index (χ0n) is 11.2. The topological polar surface area (TPSA) is 121 Å². The van der Waals surface area contributed by atoms with Crippen molar-refractivity contribution >= 4 is 31.1 Å². The van der Waals surface area contributed by atoms with Gasteiger partial charge in [0.2, 0.25) is 5.95 Å². The Labute approximate surface area is 125 Å². The maximum atomic E-state index is 12.9. The number of anilines is 1. The molecular formula is C9H13ClN7O3P. The largest absolute Gasteiger partial charge is 0.396 e. The zero-order valence-corrected chi connectivity index (χ0v) is 12.9. The fourth-order valence-electron chi connectivity index (χ4n) is 1.41. The molecule has 1 aromatic rings. The van der Waals surface area contributed by atoms with Crippen LogP contribution in [-0.4, -0.2) is 39.2 Å². The molecule has 0 saturated carbocycles. The van der Waals surface area contributed by atoms with E-state index in [1.165, 1.54) is 26.4 Å². The van der Waals surface area contributed by atoms with Gasteiger partial charge in [-0.25, -0.2) is 15.0 Å². The van der Waals surface area contributed by atoms with Crippen molar-refractivity contribution in [3.63, 3.8) is 0 Å². The minimum atomic E-state index is -3.60. The number of hydrogen-bond donors (Lipinski definition) is 2. The second-order valence-electron chi connectivity index (χ2n) is 4.30. The lowest BCUT2D eigenvalue weighted by Gasteiger charge is -2.25. The number of nitrogens with one attached hydrogen (secondary N) is 2. The number of hydrazine groups is 1. The molecule has 2 N–H and O–H groups in total. The molecule has 0 bridgehead atoms. The van der Waals surface area contributed by atoms with Crippen LogP contribution in [0.4, 0.5) is 5.95 Å². The molecule has 1 aliphatic rings. The predicted molar refractivity (Wildman–Crippen MR) is 77.6 cm³/mol. The van der Waals surface area contributed by atoms with Gasteiger partial charge in [-0.3, -0.25) is 9.99 Å². The molecule has 2 heterocycles. The molecule has 0 amide bonds. The molecule has 1 aliphatic heterocycles. The first-order valence-corrected chi connectivity index (χ1v) is 7.93. The molecule has 0 saturated heterocycles. The van der Waals surface area contributed by atoms with E-state index in [0.29, 0.717) is 0 Å². The summed E-state index contributed by atoms with van der Waals surface area (Å²) >= 11 is 5.84. The fraction of sp³-hybridized carbons (Fsp3) is 0.444. The predicted octanol–water partition coefficient (Wildman–Crippen LogP) is 1.54. The van der Waals surface area contributed by atoms with Gasteiger partial charge in [-0.2, -0.15) is 5.01 Å². The molecule has 0 aromatic carbocycles. The summed E-state index contributed by atoms with van der Waals surface area (Å²) < 4.78 is 18.1. The lowest BCUT2D eigenvalue weighted by molar-refractivity contribution is 0.394. The van der Waals surface area contributed by atoms with E-state index >= 15 is 0 Å². The van der Waals surface area contributed by atoms with Crippen LogP contribution < -0.4 is 10.6 Å². The van der Waals surface area contributed by atoms with Gasteiger partial charge in [0.15, 0.2) is 5.28 Å². The van der Waals surface area contributed by atoms with Crippen LogP contribution >= 0.6 is 19.1 Å². The minimum absolute atomic E-state index is 0.0925. The van der Waals surface area contributed by atoms with Gasteiger partial charge in [-0.15, -0.1) is 21.7 Å². The number of aromatic nitrogens is 2. The van der Waals surface area contributed by atoms with Gasteiger partial charge in [0.05, 0.1) is 11.2 Å². The summed E-state index contributed by atoms with van der Waals surface area (Å²) in [5.41, 5.74) is 2.57. The second kappa shape index (κ2) is 5.92. The van der Waals surface area contributed by atoms with Gasteiger partial charge in [-0.05, 0) is 13.0 Å². The third-order valence-electron chi connectivity index (χ3n) is 2.71. The highest BCUT2D eigenvalue weighted by Crippen LogP contribution is 2.60. The molecule has 2 rings (SSSR count). The summed E-state index contributed by atoms with van der Waals surface area (Å²) in [6, 6.07) is 1.45. The number of halogens is 1. The van der Waals surface area contributed by atoms with Crippen molar-refractivity contribution in [2.24, 2.45) is 10.3 Å². The average Bonchev–Trinajstić information content (AvgIpc) is 2.78. The van der Waals surface area contributed by atoms with Crippen molar-refractivity contribution in [3.05, 3.63) is 23.4 Å². The van der Waals surface area contributed by atoms with Gasteiger partial charge in [-0.1, -0.05) is 0 Å². The molecule has 10 nitrogen and oxygen atoms in total. The average molecular weight is 334 g/mol. The highest BCUT2D eigenvalue weighted by Gasteiger charge is 2.54. The Balaban J connectivity index is 2.18. The quantitative estimate of drug-likeness (QED) is 0.360. The van der Waals surface area contributed by atoms with Gasteiger partial charge in [0, 0.05) is 19.4 Å². The lowest BCUT2D eigenvalue weighted by Crippen LogP contribution is -2.32. The van der Waals surface area contributed by atoms with Crippen LogP contribution in [0.2, 0.25) is 0 Å². The number of alkyl halides is 1. The van der Waals surface area contributed by atoms with Gasteiger partial charge in [0.1, 0.15) is 0 Å². The summed E-state index contributed by atoms with van der Waals surface area (Å²) in [4.78, 5) is 22.4. The molecule has 0 aliphatic carbocycles. The molecule has 12 heteroatoms. The van der Waals surface area contributed by atoms with E-state index < -0.39 is 12.8 Å². The minimum Gasteiger partial charge on any atom is -0.396 e. The third kappa shape index (κ3) is 2.97. The summed E-state index contributed by atoms with van der Waals surface area (Å²) in [5.74, 6) is 0.105. The van der Waals surface area contributed by atoms with E-state index in [2.05, 4.69) is 30.9 Å². The Morgan fingerprint density at radius 3 is 2.76 bits per heavy atom. The smallest absolute Gasteiger partial charge is 0.364 e. The summed E-state index contributed by atoms with van der Waals surface area (Å²) in [6.45, 7) is 1.53. The van der Waals surface area contributed by atoms with E-state index in [1.807, 2.05) is 0 Å². The number of amidine groups is 1. The second-order valence-corrected chi connectivity index (χ2v) is 7.04. The van der Waals surface area contributed by atoms with Gasteiger partial charge in [0.25, 0.3) is 0 Å². The summed E-state index contributed by atoms with van der Waals surface area (Å²) in [6.07, 6.45) is 3.02. The van der Waals surface area contributed by atoms with Gasteiger partial charge < -0.3 is 4.52 Å². The van der Waals surface area contributed by atoms with Crippen LogP contribution in [0.25, 0.3) is 0 Å². The van der Waals surface area contributed by atoms with Crippen LogP contribution in [0.5, 0.6) is 0 Å². The first-order valence-electron chi connectivity index (χ1n) is 5.77. The van der Waals surface area contributed by atoms with Crippen LogP contribution in [0.15, 0.2) is 28.7 Å². The van der Waals surface area contributed by atoms with Crippen molar-refractivity contribution in [3.8, 4) is 0 Å². The monoisotopic (exact) mass is 333 g/mol. The van der Waals surface area contributed by atoms with Crippen LogP contribution in [-0.2, 0) is 9.09 Å². The van der Waals surface area contributed by atoms with E-state index in [1.54, 1.807) is 6.07 Å². The molecule has 114 valence electrons. The molecule has 2 atom stereocenters. The number of rotatable bonds is 5. The van der Waals surface area contributed by atoms with Crippen molar-refractivity contribution in [2.75, 3.05) is 18.4 Å². The van der Waals surface area contributed by atoms with E-state index in [9.17, 15) is 9.47 Å². The molecule has 0 unspecified atom stereocenters. The van der Waals surface area contributed by atoms with Crippen molar-refractivity contribution in [2.45, 2.75) is 12.2 Å².